The van der Waals surface area contributed by atoms with Crippen molar-refractivity contribution >= 4 is 16.9 Å². The molecule has 0 nitrogen and oxygen atoms in total. The van der Waals surface area contributed by atoms with E-state index < -0.39 is 0 Å². The molecule has 3 aromatic rings. The summed E-state index contributed by atoms with van der Waals surface area (Å²) in [6.07, 6.45) is 0. The van der Waals surface area contributed by atoms with Crippen LogP contribution in [0.25, 0.3) is 0 Å². The molecule has 0 aliphatic heterocycles. The first-order valence-corrected chi connectivity index (χ1v) is 8.26. The van der Waals surface area contributed by atoms with Crippen LogP contribution in [0, 0.1) is 0 Å². The molecule has 3 aliphatic rings. The van der Waals surface area contributed by atoms with Gasteiger partial charge in [-0.15, -0.1) is 0 Å². The summed E-state index contributed by atoms with van der Waals surface area (Å²) in [5.41, 5.74) is 8.76. The van der Waals surface area contributed by atoms with E-state index in [-0.39, 0.29) is 4.20 Å². The average Bonchev–Trinajstić information content (AvgIpc) is 2.56. The van der Waals surface area contributed by atoms with E-state index in [1.807, 2.05) is 0 Å². The molecular weight excluding hydrogens is 315 g/mol. The second-order valence-electron chi connectivity index (χ2n) is 5.91. The molecule has 0 N–H and O–H groups in total. The van der Waals surface area contributed by atoms with Crippen molar-refractivity contribution in [1.82, 2.24) is 0 Å². The van der Waals surface area contributed by atoms with Crippen molar-refractivity contribution in [2.45, 2.75) is 10.1 Å². The Hall–Kier alpha value is -1.78. The Morgan fingerprint density at radius 1 is 0.571 bits per heavy atom. The number of benzene rings is 3. The third kappa shape index (κ3) is 1.28. The topological polar surface area (TPSA) is 0 Å². The van der Waals surface area contributed by atoms with Crippen molar-refractivity contribution in [3.63, 3.8) is 0 Å². The van der Waals surface area contributed by atoms with Gasteiger partial charge in [-0.3, -0.25) is 0 Å². The molecule has 2 bridgehead atoms. The summed E-state index contributed by atoms with van der Waals surface area (Å²) in [6, 6.07) is 26.8. The van der Waals surface area contributed by atoms with E-state index >= 15 is 0 Å². The summed E-state index contributed by atoms with van der Waals surface area (Å²) >= 11 is 2.97. The van der Waals surface area contributed by atoms with Gasteiger partial charge in [-0.1, -0.05) is 0 Å². The van der Waals surface area contributed by atoms with Gasteiger partial charge >= 0.3 is 133 Å². The Morgan fingerprint density at radius 3 is 1.29 bits per heavy atom. The second-order valence-corrected chi connectivity index (χ2v) is 7.31. The van der Waals surface area contributed by atoms with Gasteiger partial charge in [0.25, 0.3) is 0 Å². The Balaban J connectivity index is 2.00. The van der Waals surface area contributed by atoms with Crippen LogP contribution in [0.3, 0.4) is 0 Å². The van der Waals surface area contributed by atoms with E-state index in [1.54, 1.807) is 0 Å². The zero-order valence-corrected chi connectivity index (χ0v) is 13.3. The molecule has 1 heteroatoms. The minimum absolute atomic E-state index is 0.0778. The molecule has 0 spiro atoms. The van der Waals surface area contributed by atoms with Crippen LogP contribution in [0.15, 0.2) is 72.8 Å². The molecular formula is C20H13As. The monoisotopic (exact) mass is 328 g/mol. The third-order valence-corrected chi connectivity index (χ3v) is 6.50. The Bertz CT molecular complexity index is 763. The summed E-state index contributed by atoms with van der Waals surface area (Å²) in [4.78, 5) is 0. The van der Waals surface area contributed by atoms with Gasteiger partial charge in [-0.25, -0.2) is 0 Å². The standard InChI is InChI=1S/C20H13As/c21-20-16-10-4-1-7-13(16)19(14-8-2-5-11-17(14)20)15-9-3-6-12-18(15)20/h1-12,19H. The first kappa shape index (κ1) is 11.8. The SMILES string of the molecule is [As]C12c3ccccc3C(c3ccccc31)c1ccccc12. The zero-order chi connectivity index (χ0) is 14.0. The van der Waals surface area contributed by atoms with Crippen LogP contribution in [0.5, 0.6) is 0 Å². The van der Waals surface area contributed by atoms with Crippen molar-refractivity contribution in [1.29, 1.82) is 0 Å². The predicted molar refractivity (Wildman–Crippen MR) is 85.9 cm³/mol. The van der Waals surface area contributed by atoms with Gasteiger partial charge < -0.3 is 0 Å². The van der Waals surface area contributed by atoms with Crippen molar-refractivity contribution in [2.24, 2.45) is 0 Å². The number of hydrogen-bond donors (Lipinski definition) is 0. The molecule has 0 saturated carbocycles. The van der Waals surface area contributed by atoms with Gasteiger partial charge in [0, 0.05) is 0 Å². The van der Waals surface area contributed by atoms with Gasteiger partial charge in [-0.05, 0) is 0 Å². The molecule has 3 aromatic carbocycles. The van der Waals surface area contributed by atoms with Crippen molar-refractivity contribution < 1.29 is 0 Å². The normalized spacial score (nSPS) is 24.1. The Morgan fingerprint density at radius 2 is 0.905 bits per heavy atom. The van der Waals surface area contributed by atoms with Crippen LogP contribution < -0.4 is 0 Å². The first-order valence-electron chi connectivity index (χ1n) is 7.32. The summed E-state index contributed by atoms with van der Waals surface area (Å²) in [5.74, 6) is 0.389. The molecule has 0 aromatic heterocycles. The van der Waals surface area contributed by atoms with Crippen molar-refractivity contribution in [3.8, 4) is 0 Å². The fourth-order valence-corrected chi connectivity index (χ4v) is 5.45. The molecule has 0 saturated heterocycles. The summed E-state index contributed by atoms with van der Waals surface area (Å²) in [7, 11) is 0. The molecule has 0 atom stereocenters. The van der Waals surface area contributed by atoms with E-state index in [0.29, 0.717) is 5.92 Å². The zero-order valence-electron chi connectivity index (χ0n) is 11.5. The van der Waals surface area contributed by atoms with Gasteiger partial charge in [0.15, 0.2) is 0 Å². The van der Waals surface area contributed by atoms with Crippen molar-refractivity contribution in [2.75, 3.05) is 0 Å². The van der Waals surface area contributed by atoms with Gasteiger partial charge in [0.2, 0.25) is 0 Å². The summed E-state index contributed by atoms with van der Waals surface area (Å²) in [6.45, 7) is 0. The van der Waals surface area contributed by atoms with E-state index in [4.69, 9.17) is 0 Å². The predicted octanol–water partition coefficient (Wildman–Crippen LogP) is 3.95. The van der Waals surface area contributed by atoms with E-state index in [2.05, 4.69) is 89.6 Å². The quantitative estimate of drug-likeness (QED) is 0.548. The third-order valence-electron chi connectivity index (χ3n) is 4.98. The fourth-order valence-electron chi connectivity index (χ4n) is 4.17. The molecule has 21 heavy (non-hydrogen) atoms. The molecule has 0 heterocycles. The van der Waals surface area contributed by atoms with Crippen LogP contribution in [0.4, 0.5) is 0 Å². The van der Waals surface area contributed by atoms with Crippen LogP contribution >= 0.6 is 0 Å². The maximum absolute atomic E-state index is 2.97. The molecule has 6 rings (SSSR count). The second kappa shape index (κ2) is 3.90. The maximum atomic E-state index is 2.97. The van der Waals surface area contributed by atoms with Gasteiger partial charge in [0.05, 0.1) is 0 Å². The van der Waals surface area contributed by atoms with Crippen LogP contribution in [0.1, 0.15) is 39.3 Å². The van der Waals surface area contributed by atoms with Crippen molar-refractivity contribution in [3.05, 3.63) is 106 Å². The fraction of sp³-hybridized carbons (Fsp3) is 0.100. The first-order chi connectivity index (χ1) is 10.3. The summed E-state index contributed by atoms with van der Waals surface area (Å²) < 4.78 is -0.0778. The molecule has 2 radical (unpaired) electrons. The van der Waals surface area contributed by atoms with Gasteiger partial charge in [-0.2, -0.15) is 0 Å². The van der Waals surface area contributed by atoms with E-state index in [1.165, 1.54) is 33.4 Å². The molecule has 0 amide bonds. The molecule has 0 fully saturated rings. The average molecular weight is 328 g/mol. The van der Waals surface area contributed by atoms with E-state index in [0.717, 1.165) is 0 Å². The van der Waals surface area contributed by atoms with Gasteiger partial charge in [0.1, 0.15) is 0 Å². The van der Waals surface area contributed by atoms with Crippen LogP contribution in [-0.4, -0.2) is 16.9 Å². The minimum atomic E-state index is -0.0778. The van der Waals surface area contributed by atoms with Crippen LogP contribution in [-0.2, 0) is 4.20 Å². The molecule has 98 valence electrons. The Labute approximate surface area is 133 Å². The number of rotatable bonds is 0. The molecule has 3 aliphatic carbocycles. The molecule has 0 unspecified atom stereocenters. The number of hydrogen-bond acceptors (Lipinski definition) is 0. The summed E-state index contributed by atoms with van der Waals surface area (Å²) in [5, 5.41) is 0. The van der Waals surface area contributed by atoms with E-state index in [9.17, 15) is 0 Å². The van der Waals surface area contributed by atoms with Crippen LogP contribution in [0.2, 0.25) is 0 Å². The Kier molecular flexibility index (Phi) is 2.20.